The van der Waals surface area contributed by atoms with Gasteiger partial charge in [0.2, 0.25) is 11.8 Å². The van der Waals surface area contributed by atoms with Gasteiger partial charge < -0.3 is 67.5 Å². The van der Waals surface area contributed by atoms with Gasteiger partial charge in [-0.2, -0.15) is 0 Å². The predicted molar refractivity (Wildman–Crippen MR) is 181 cm³/mol. The number of ether oxygens (including phenoxy) is 12. The maximum absolute atomic E-state index is 12.2. The Morgan fingerprint density at radius 3 is 1.10 bits per heavy atom. The maximum atomic E-state index is 12.2. The van der Waals surface area contributed by atoms with E-state index < -0.39 is 6.04 Å². The fourth-order valence-electron chi connectivity index (χ4n) is 3.74. The Kier molecular flexibility index (Phi) is 38.4. The number of rotatable bonds is 41. The molecule has 296 valence electrons. The summed E-state index contributed by atoms with van der Waals surface area (Å²) in [6.45, 7) is 10.6. The molecule has 50 heavy (non-hydrogen) atoms. The highest BCUT2D eigenvalue weighted by molar-refractivity contribution is 5.87. The highest BCUT2D eigenvalue weighted by Gasteiger charge is 2.16. The minimum absolute atomic E-state index is 0.0696. The maximum Gasteiger partial charge on any atom is 0.246 e. The molecule has 0 aliphatic heterocycles. The second-order valence-corrected chi connectivity index (χ2v) is 10.6. The Morgan fingerprint density at radius 1 is 0.440 bits per heavy atom. The summed E-state index contributed by atoms with van der Waals surface area (Å²) in [4.78, 5) is 36.1. The number of unbranched alkanes of at least 4 members (excludes halogenated alkanes) is 1. The van der Waals surface area contributed by atoms with E-state index in [-0.39, 0.29) is 44.0 Å². The van der Waals surface area contributed by atoms with Crippen molar-refractivity contribution in [2.24, 2.45) is 0 Å². The van der Waals surface area contributed by atoms with Gasteiger partial charge >= 0.3 is 0 Å². The second-order valence-electron chi connectivity index (χ2n) is 10.6. The van der Waals surface area contributed by atoms with Crippen molar-refractivity contribution in [3.8, 4) is 0 Å². The summed E-state index contributed by atoms with van der Waals surface area (Å²) in [6, 6.07) is -0.610. The van der Waals surface area contributed by atoms with E-state index in [2.05, 4.69) is 10.6 Å². The van der Waals surface area contributed by atoms with E-state index in [4.69, 9.17) is 56.8 Å². The molecule has 0 aromatic carbocycles. The zero-order valence-electron chi connectivity index (χ0n) is 30.6. The van der Waals surface area contributed by atoms with Crippen molar-refractivity contribution in [1.29, 1.82) is 0 Å². The first-order valence-corrected chi connectivity index (χ1v) is 17.3. The van der Waals surface area contributed by atoms with Gasteiger partial charge in [0.05, 0.1) is 138 Å². The third kappa shape index (κ3) is 37.4. The number of ketones is 1. The molecule has 0 fully saturated rings. The van der Waals surface area contributed by atoms with Crippen LogP contribution in [0.4, 0.5) is 0 Å². The summed E-state index contributed by atoms with van der Waals surface area (Å²) in [7, 11) is 3.25. The van der Waals surface area contributed by atoms with Crippen molar-refractivity contribution in [3.63, 3.8) is 0 Å². The van der Waals surface area contributed by atoms with Gasteiger partial charge in [0, 0.05) is 20.8 Å². The van der Waals surface area contributed by atoms with Gasteiger partial charge in [0.15, 0.2) is 5.78 Å². The lowest BCUT2D eigenvalue weighted by atomic mass is 10.1. The molecule has 0 spiro atoms. The molecule has 17 nitrogen and oxygen atoms in total. The van der Waals surface area contributed by atoms with Crippen molar-refractivity contribution < 1.29 is 71.2 Å². The minimum atomic E-state index is -0.610. The van der Waals surface area contributed by atoms with Gasteiger partial charge in [0.1, 0.15) is 13.2 Å². The number of carbonyl (C=O) groups is 3. The zero-order valence-corrected chi connectivity index (χ0v) is 30.6. The molecule has 0 saturated carbocycles. The fourth-order valence-corrected chi connectivity index (χ4v) is 3.74. The first kappa shape index (κ1) is 48.1. The van der Waals surface area contributed by atoms with Crippen LogP contribution in [0.15, 0.2) is 0 Å². The summed E-state index contributed by atoms with van der Waals surface area (Å²) < 4.78 is 63.4. The number of amides is 2. The molecule has 0 radical (unpaired) electrons. The van der Waals surface area contributed by atoms with E-state index in [0.29, 0.717) is 145 Å². The van der Waals surface area contributed by atoms with Crippen molar-refractivity contribution in [3.05, 3.63) is 0 Å². The van der Waals surface area contributed by atoms with E-state index in [9.17, 15) is 14.4 Å². The lowest BCUT2D eigenvalue weighted by Crippen LogP contribution is -2.41. The number of carbonyl (C=O) groups excluding carboxylic acids is 3. The van der Waals surface area contributed by atoms with Gasteiger partial charge in [-0.25, -0.2) is 0 Å². The van der Waals surface area contributed by atoms with Gasteiger partial charge in [-0.05, 0) is 26.2 Å². The molecule has 0 aliphatic rings. The van der Waals surface area contributed by atoms with Gasteiger partial charge in [-0.3, -0.25) is 14.4 Å². The molecule has 0 aliphatic carbocycles. The lowest BCUT2D eigenvalue weighted by Gasteiger charge is -2.16. The quantitative estimate of drug-likeness (QED) is 0.0789. The normalized spacial score (nSPS) is 11.9. The number of nitrogens with one attached hydrogen (secondary N) is 2. The summed E-state index contributed by atoms with van der Waals surface area (Å²) in [5.74, 6) is -0.748. The Balaban J connectivity index is 3.55. The number of Topliss-reactive ketones (excluding diaryl/α,β-unsaturated/α-hetero) is 1. The first-order chi connectivity index (χ1) is 24.5. The molecule has 1 unspecified atom stereocenters. The zero-order chi connectivity index (χ0) is 36.6. The van der Waals surface area contributed by atoms with Crippen molar-refractivity contribution >= 4 is 17.6 Å². The van der Waals surface area contributed by atoms with E-state index >= 15 is 0 Å². The summed E-state index contributed by atoms with van der Waals surface area (Å²) >= 11 is 0. The number of methoxy groups -OCH3 is 2. The van der Waals surface area contributed by atoms with E-state index in [0.717, 1.165) is 0 Å². The number of hydrogen-bond donors (Lipinski definition) is 2. The smallest absolute Gasteiger partial charge is 0.246 e. The average molecular weight is 729 g/mol. The standard InChI is InChI=1S/C33H64N2O15/c1-30(36)31(35-33(38)29-50-27-25-48-23-21-46-19-17-44-15-13-42-11-9-40-3)6-4-5-7-34-32(37)28-49-26-24-47-22-20-45-18-16-43-14-12-41-10-8-39-2/h31H,4-29H2,1-3H3,(H,34,37)(H,35,38). The van der Waals surface area contributed by atoms with Gasteiger partial charge in [-0.1, -0.05) is 0 Å². The Bertz CT molecular complexity index is 767. The van der Waals surface area contributed by atoms with Crippen LogP contribution in [0.5, 0.6) is 0 Å². The third-order valence-corrected chi connectivity index (χ3v) is 6.37. The van der Waals surface area contributed by atoms with Gasteiger partial charge in [0.25, 0.3) is 0 Å². The molecular weight excluding hydrogens is 664 g/mol. The van der Waals surface area contributed by atoms with Crippen LogP contribution in [0.25, 0.3) is 0 Å². The van der Waals surface area contributed by atoms with Crippen molar-refractivity contribution in [1.82, 2.24) is 10.6 Å². The summed E-state index contributed by atoms with van der Waals surface area (Å²) in [6.07, 6.45) is 1.75. The highest BCUT2D eigenvalue weighted by Crippen LogP contribution is 2.02. The van der Waals surface area contributed by atoms with Crippen LogP contribution in [0, 0.1) is 0 Å². The van der Waals surface area contributed by atoms with Crippen LogP contribution in [-0.4, -0.2) is 190 Å². The highest BCUT2D eigenvalue weighted by atomic mass is 16.6. The minimum Gasteiger partial charge on any atom is -0.382 e. The molecular formula is C33H64N2O15. The summed E-state index contributed by atoms with van der Waals surface area (Å²) in [5.41, 5.74) is 0. The van der Waals surface area contributed by atoms with E-state index in [1.165, 1.54) is 6.92 Å². The Morgan fingerprint density at radius 2 is 0.760 bits per heavy atom. The van der Waals surface area contributed by atoms with Crippen LogP contribution in [-0.2, 0) is 71.2 Å². The van der Waals surface area contributed by atoms with E-state index in [1.54, 1.807) is 14.2 Å². The van der Waals surface area contributed by atoms with Crippen LogP contribution >= 0.6 is 0 Å². The van der Waals surface area contributed by atoms with Crippen LogP contribution < -0.4 is 10.6 Å². The van der Waals surface area contributed by atoms with E-state index in [1.807, 2.05) is 0 Å². The molecule has 0 saturated heterocycles. The molecule has 1 atom stereocenters. The molecule has 0 aromatic heterocycles. The average Bonchev–Trinajstić information content (AvgIpc) is 3.10. The molecule has 2 N–H and O–H groups in total. The molecule has 0 bridgehead atoms. The topological polar surface area (TPSA) is 186 Å². The number of hydrogen-bond acceptors (Lipinski definition) is 15. The predicted octanol–water partition coefficient (Wildman–Crippen LogP) is -0.194. The summed E-state index contributed by atoms with van der Waals surface area (Å²) in [5, 5.41) is 5.48. The largest absolute Gasteiger partial charge is 0.382 e. The van der Waals surface area contributed by atoms with Gasteiger partial charge in [-0.15, -0.1) is 0 Å². The first-order valence-electron chi connectivity index (χ1n) is 17.3. The molecule has 2 amide bonds. The molecule has 0 heterocycles. The fraction of sp³-hybridized carbons (Fsp3) is 0.909. The van der Waals surface area contributed by atoms with Crippen LogP contribution in [0.1, 0.15) is 26.2 Å². The van der Waals surface area contributed by atoms with Crippen LogP contribution in [0.3, 0.4) is 0 Å². The monoisotopic (exact) mass is 728 g/mol. The van der Waals surface area contributed by atoms with Crippen molar-refractivity contribution in [2.45, 2.75) is 32.2 Å². The third-order valence-electron chi connectivity index (χ3n) is 6.37. The SMILES string of the molecule is COCCOCCOCCOCCOCCOCC(=O)NCCCCC(NC(=O)COCCOCCOCCOCCOCCOC)C(C)=O. The van der Waals surface area contributed by atoms with Crippen LogP contribution in [0.2, 0.25) is 0 Å². The van der Waals surface area contributed by atoms with Crippen molar-refractivity contribution in [2.75, 3.05) is 166 Å². The molecule has 0 aromatic rings. The lowest BCUT2D eigenvalue weighted by molar-refractivity contribution is -0.130. The Labute approximate surface area is 297 Å². The molecule has 0 rings (SSSR count). The molecule has 17 heteroatoms. The second kappa shape index (κ2) is 39.9. The Hall–Kier alpha value is -1.87.